The average Bonchev–Trinajstić information content (AvgIpc) is 2.71. The Bertz CT molecular complexity index is 1090. The predicted molar refractivity (Wildman–Crippen MR) is 113 cm³/mol. The molecule has 0 fully saturated rings. The fourth-order valence-corrected chi connectivity index (χ4v) is 3.19. The van der Waals surface area contributed by atoms with Gasteiger partial charge in [-0.05, 0) is 46.7 Å². The highest BCUT2D eigenvalue weighted by molar-refractivity contribution is 6.30. The maximum atomic E-state index is 6.12. The van der Waals surface area contributed by atoms with Crippen LogP contribution in [0.25, 0.3) is 10.8 Å². The van der Waals surface area contributed by atoms with Gasteiger partial charge in [0.2, 0.25) is 0 Å². The molecule has 0 unspecified atom stereocenters. The van der Waals surface area contributed by atoms with Gasteiger partial charge in [0.1, 0.15) is 12.4 Å². The van der Waals surface area contributed by atoms with Gasteiger partial charge >= 0.3 is 0 Å². The number of ether oxygens (including phenoxy) is 1. The topological polar surface area (TPSA) is 21.6 Å². The predicted octanol–water partition coefficient (Wildman–Crippen LogP) is 6.82. The van der Waals surface area contributed by atoms with Crippen molar-refractivity contribution < 1.29 is 4.74 Å². The van der Waals surface area contributed by atoms with Crippen LogP contribution in [0.15, 0.2) is 96.0 Å². The van der Waals surface area contributed by atoms with Crippen molar-refractivity contribution in [3.05, 3.63) is 107 Å². The number of benzene rings is 4. The second-order valence-corrected chi connectivity index (χ2v) is 6.65. The minimum Gasteiger partial charge on any atom is -0.488 e. The molecule has 0 aromatic heterocycles. The van der Waals surface area contributed by atoms with Crippen LogP contribution in [0.2, 0.25) is 5.02 Å². The first kappa shape index (κ1) is 17.3. The lowest BCUT2D eigenvalue weighted by Crippen LogP contribution is -1.99. The van der Waals surface area contributed by atoms with Crippen LogP contribution in [-0.4, -0.2) is 6.21 Å². The second-order valence-electron chi connectivity index (χ2n) is 6.21. The molecular formula is C24H18ClNO. The van der Waals surface area contributed by atoms with Crippen molar-refractivity contribution in [2.45, 2.75) is 6.61 Å². The quantitative estimate of drug-likeness (QED) is 0.352. The molecule has 4 aromatic rings. The van der Waals surface area contributed by atoms with Gasteiger partial charge in [-0.1, -0.05) is 72.3 Å². The zero-order valence-corrected chi connectivity index (χ0v) is 15.4. The van der Waals surface area contributed by atoms with E-state index in [9.17, 15) is 0 Å². The lowest BCUT2D eigenvalue weighted by Gasteiger charge is -2.12. The molecule has 0 spiro atoms. The van der Waals surface area contributed by atoms with E-state index in [0.717, 1.165) is 33.3 Å². The molecule has 0 radical (unpaired) electrons. The molecule has 0 saturated heterocycles. The summed E-state index contributed by atoms with van der Waals surface area (Å²) in [5, 5.41) is 2.98. The van der Waals surface area contributed by atoms with Crippen LogP contribution in [-0.2, 0) is 6.61 Å². The molecule has 0 aliphatic carbocycles. The number of rotatable bonds is 5. The standard InChI is InChI=1S/C24H18ClNO/c25-20-9-6-7-18(15-20)17-27-24-14-13-19-8-4-5-12-22(19)23(24)16-26-21-10-2-1-3-11-21/h1-16H,17H2. The van der Waals surface area contributed by atoms with Gasteiger partial charge in [0.05, 0.1) is 5.69 Å². The van der Waals surface area contributed by atoms with Crippen LogP contribution in [0.5, 0.6) is 5.75 Å². The summed E-state index contributed by atoms with van der Waals surface area (Å²) in [4.78, 5) is 4.63. The molecule has 0 aliphatic heterocycles. The third-order valence-electron chi connectivity index (χ3n) is 4.31. The highest BCUT2D eigenvalue weighted by Crippen LogP contribution is 2.28. The Morgan fingerprint density at radius 1 is 0.815 bits per heavy atom. The molecule has 3 heteroatoms. The molecule has 132 valence electrons. The molecule has 0 saturated carbocycles. The van der Waals surface area contributed by atoms with Gasteiger partial charge in [0, 0.05) is 16.8 Å². The largest absolute Gasteiger partial charge is 0.488 e. The van der Waals surface area contributed by atoms with Crippen LogP contribution in [0, 0.1) is 0 Å². The van der Waals surface area contributed by atoms with Crippen molar-refractivity contribution >= 4 is 34.3 Å². The first-order valence-electron chi connectivity index (χ1n) is 8.78. The molecule has 0 bridgehead atoms. The van der Waals surface area contributed by atoms with Crippen LogP contribution in [0.3, 0.4) is 0 Å². The monoisotopic (exact) mass is 371 g/mol. The number of halogens is 1. The molecule has 2 nitrogen and oxygen atoms in total. The van der Waals surface area contributed by atoms with Crippen LogP contribution < -0.4 is 4.74 Å². The Hall–Kier alpha value is -3.10. The number of hydrogen-bond donors (Lipinski definition) is 0. The molecule has 4 aromatic carbocycles. The Morgan fingerprint density at radius 2 is 1.63 bits per heavy atom. The first-order valence-corrected chi connectivity index (χ1v) is 9.15. The Morgan fingerprint density at radius 3 is 2.48 bits per heavy atom. The van der Waals surface area contributed by atoms with E-state index < -0.39 is 0 Å². The van der Waals surface area contributed by atoms with Crippen LogP contribution >= 0.6 is 11.6 Å². The van der Waals surface area contributed by atoms with Crippen LogP contribution in [0.4, 0.5) is 5.69 Å². The van der Waals surface area contributed by atoms with Crippen molar-refractivity contribution in [3.8, 4) is 5.75 Å². The van der Waals surface area contributed by atoms with Crippen molar-refractivity contribution in [3.63, 3.8) is 0 Å². The molecule has 0 heterocycles. The molecule has 27 heavy (non-hydrogen) atoms. The zero-order chi connectivity index (χ0) is 18.5. The minimum absolute atomic E-state index is 0.449. The summed E-state index contributed by atoms with van der Waals surface area (Å²) in [6.45, 7) is 0.449. The fourth-order valence-electron chi connectivity index (χ4n) is 2.98. The van der Waals surface area contributed by atoms with Gasteiger partial charge in [0.25, 0.3) is 0 Å². The van der Waals surface area contributed by atoms with Crippen molar-refractivity contribution in [2.24, 2.45) is 4.99 Å². The molecule has 0 N–H and O–H groups in total. The van der Waals surface area contributed by atoms with E-state index in [1.165, 1.54) is 0 Å². The lowest BCUT2D eigenvalue weighted by atomic mass is 10.0. The van der Waals surface area contributed by atoms with Gasteiger partial charge in [-0.15, -0.1) is 0 Å². The third-order valence-corrected chi connectivity index (χ3v) is 4.55. The summed E-state index contributed by atoms with van der Waals surface area (Å²) in [7, 11) is 0. The summed E-state index contributed by atoms with van der Waals surface area (Å²) < 4.78 is 6.12. The van der Waals surface area contributed by atoms with Gasteiger partial charge in [-0.2, -0.15) is 0 Å². The maximum absolute atomic E-state index is 6.12. The van der Waals surface area contributed by atoms with E-state index >= 15 is 0 Å². The number of hydrogen-bond acceptors (Lipinski definition) is 2. The number of para-hydroxylation sites is 1. The number of aliphatic imine (C=N–C) groups is 1. The minimum atomic E-state index is 0.449. The second kappa shape index (κ2) is 8.07. The average molecular weight is 372 g/mol. The smallest absolute Gasteiger partial charge is 0.129 e. The summed E-state index contributed by atoms with van der Waals surface area (Å²) in [6, 6.07) is 29.9. The van der Waals surface area contributed by atoms with Gasteiger partial charge in [0.15, 0.2) is 0 Å². The maximum Gasteiger partial charge on any atom is 0.129 e. The van der Waals surface area contributed by atoms with E-state index in [1.807, 2.05) is 79.0 Å². The Labute approximate surface area is 163 Å². The summed E-state index contributed by atoms with van der Waals surface area (Å²) in [6.07, 6.45) is 1.88. The van der Waals surface area contributed by atoms with Gasteiger partial charge in [-0.3, -0.25) is 4.99 Å². The summed E-state index contributed by atoms with van der Waals surface area (Å²) in [5.41, 5.74) is 2.91. The fraction of sp³-hybridized carbons (Fsp3) is 0.0417. The molecule has 0 atom stereocenters. The Balaban J connectivity index is 1.70. The molecule has 0 amide bonds. The van der Waals surface area contributed by atoms with E-state index in [4.69, 9.17) is 16.3 Å². The molecule has 0 aliphatic rings. The van der Waals surface area contributed by atoms with Gasteiger partial charge < -0.3 is 4.74 Å². The SMILES string of the molecule is Clc1cccc(COc2ccc3ccccc3c2C=Nc2ccccc2)c1. The first-order chi connectivity index (χ1) is 13.3. The van der Waals surface area contributed by atoms with Crippen molar-refractivity contribution in [1.29, 1.82) is 0 Å². The highest BCUT2D eigenvalue weighted by atomic mass is 35.5. The third kappa shape index (κ3) is 4.18. The number of fused-ring (bicyclic) bond motifs is 1. The highest BCUT2D eigenvalue weighted by Gasteiger charge is 2.08. The van der Waals surface area contributed by atoms with E-state index in [-0.39, 0.29) is 0 Å². The summed E-state index contributed by atoms with van der Waals surface area (Å²) in [5.74, 6) is 0.799. The zero-order valence-electron chi connectivity index (χ0n) is 14.7. The summed E-state index contributed by atoms with van der Waals surface area (Å²) >= 11 is 6.08. The molecule has 4 rings (SSSR count). The Kier molecular flexibility index (Phi) is 5.17. The molecular weight excluding hydrogens is 354 g/mol. The number of nitrogens with zero attached hydrogens (tertiary/aromatic N) is 1. The van der Waals surface area contributed by atoms with Crippen LogP contribution in [0.1, 0.15) is 11.1 Å². The van der Waals surface area contributed by atoms with Gasteiger partial charge in [-0.25, -0.2) is 0 Å². The van der Waals surface area contributed by atoms with Crippen molar-refractivity contribution in [1.82, 2.24) is 0 Å². The normalized spacial score (nSPS) is 11.1. The lowest BCUT2D eigenvalue weighted by molar-refractivity contribution is 0.306. The van der Waals surface area contributed by atoms with E-state index in [1.54, 1.807) is 0 Å². The van der Waals surface area contributed by atoms with E-state index in [2.05, 4.69) is 23.2 Å². The van der Waals surface area contributed by atoms with Crippen molar-refractivity contribution in [2.75, 3.05) is 0 Å². The van der Waals surface area contributed by atoms with E-state index in [0.29, 0.717) is 11.6 Å².